The normalized spacial score (nSPS) is 14.6. The van der Waals surface area contributed by atoms with Crippen LogP contribution >= 0.6 is 11.6 Å². The molecule has 1 unspecified atom stereocenters. The second-order valence-electron chi connectivity index (χ2n) is 8.61. The number of rotatable bonds is 7. The molecular weight excluding hydrogens is 408 g/mol. The molecule has 0 fully saturated rings. The average Bonchev–Trinajstić information content (AvgIpc) is 2.77. The SMILES string of the molecule is CCCCC(CC)n1cnc2c3c(c(Cc4ccc(Cl)nc4)cc2c1=O)CCCN3C. The maximum Gasteiger partial charge on any atom is 0.261 e. The molecule has 0 radical (unpaired) electrons. The zero-order valence-electron chi connectivity index (χ0n) is 18.7. The summed E-state index contributed by atoms with van der Waals surface area (Å²) < 4.78 is 1.86. The van der Waals surface area contributed by atoms with Crippen molar-refractivity contribution < 1.29 is 0 Å². The highest BCUT2D eigenvalue weighted by Crippen LogP contribution is 2.36. The Morgan fingerprint density at radius 1 is 1.23 bits per heavy atom. The van der Waals surface area contributed by atoms with Crippen molar-refractivity contribution in [3.05, 3.63) is 62.9 Å². The van der Waals surface area contributed by atoms with Gasteiger partial charge in [-0.15, -0.1) is 0 Å². The Kier molecular flexibility index (Phi) is 6.61. The monoisotopic (exact) mass is 438 g/mol. The molecule has 3 heterocycles. The van der Waals surface area contributed by atoms with Gasteiger partial charge in [-0.05, 0) is 60.9 Å². The number of anilines is 1. The molecule has 1 aromatic carbocycles. The Morgan fingerprint density at radius 3 is 2.77 bits per heavy atom. The molecule has 1 aliphatic rings. The number of benzene rings is 1. The van der Waals surface area contributed by atoms with Gasteiger partial charge in [-0.25, -0.2) is 9.97 Å². The Morgan fingerprint density at radius 2 is 2.06 bits per heavy atom. The lowest BCUT2D eigenvalue weighted by Gasteiger charge is -2.30. The van der Waals surface area contributed by atoms with E-state index < -0.39 is 0 Å². The summed E-state index contributed by atoms with van der Waals surface area (Å²) in [5.41, 5.74) is 5.62. The van der Waals surface area contributed by atoms with Crippen LogP contribution in [0.3, 0.4) is 0 Å². The summed E-state index contributed by atoms with van der Waals surface area (Å²) in [7, 11) is 2.11. The molecule has 1 atom stereocenters. The van der Waals surface area contributed by atoms with Crippen LogP contribution in [0, 0.1) is 0 Å². The molecule has 31 heavy (non-hydrogen) atoms. The molecular formula is C25H31ClN4O. The molecule has 2 aromatic heterocycles. The number of hydrogen-bond acceptors (Lipinski definition) is 4. The quantitative estimate of drug-likeness (QED) is 0.453. The van der Waals surface area contributed by atoms with Crippen LogP contribution in [0.1, 0.15) is 68.7 Å². The lowest BCUT2D eigenvalue weighted by atomic mass is 9.91. The molecule has 0 bridgehead atoms. The summed E-state index contributed by atoms with van der Waals surface area (Å²) in [5, 5.41) is 1.22. The van der Waals surface area contributed by atoms with E-state index in [1.165, 1.54) is 11.1 Å². The van der Waals surface area contributed by atoms with Crippen molar-refractivity contribution in [1.82, 2.24) is 14.5 Å². The number of hydrogen-bond donors (Lipinski definition) is 0. The standard InChI is InChI=1S/C25H31ClN4O/c1-4-6-8-19(5-2)30-16-28-23-21(25(30)31)14-18(13-17-10-11-22(26)27-15-17)20-9-7-12-29(3)24(20)23/h10-11,14-16,19H,4-9,12-13H2,1-3H3. The minimum atomic E-state index is 0.0743. The fourth-order valence-electron chi connectivity index (χ4n) is 4.78. The van der Waals surface area contributed by atoms with Gasteiger partial charge < -0.3 is 4.90 Å². The third kappa shape index (κ3) is 4.33. The van der Waals surface area contributed by atoms with Crippen molar-refractivity contribution in [3.63, 3.8) is 0 Å². The highest BCUT2D eigenvalue weighted by molar-refractivity contribution is 6.29. The second-order valence-corrected chi connectivity index (χ2v) is 9.00. The van der Waals surface area contributed by atoms with Gasteiger partial charge in [-0.3, -0.25) is 9.36 Å². The fraction of sp³-hybridized carbons (Fsp3) is 0.480. The Bertz CT molecular complexity index is 1120. The first-order chi connectivity index (χ1) is 15.0. The van der Waals surface area contributed by atoms with E-state index >= 15 is 0 Å². The third-order valence-electron chi connectivity index (χ3n) is 6.49. The molecule has 0 saturated carbocycles. The van der Waals surface area contributed by atoms with Gasteiger partial charge in [0.2, 0.25) is 0 Å². The van der Waals surface area contributed by atoms with Gasteiger partial charge in [-0.1, -0.05) is 44.4 Å². The summed E-state index contributed by atoms with van der Waals surface area (Å²) >= 11 is 5.97. The molecule has 6 heteroatoms. The summed E-state index contributed by atoms with van der Waals surface area (Å²) in [6, 6.07) is 6.12. The zero-order valence-corrected chi connectivity index (χ0v) is 19.5. The van der Waals surface area contributed by atoms with Crippen LogP contribution in [0.4, 0.5) is 5.69 Å². The highest BCUT2D eigenvalue weighted by Gasteiger charge is 2.24. The predicted octanol–water partition coefficient (Wildman–Crippen LogP) is 5.56. The second kappa shape index (κ2) is 9.39. The van der Waals surface area contributed by atoms with Gasteiger partial charge >= 0.3 is 0 Å². The molecule has 164 valence electrons. The molecule has 5 nitrogen and oxygen atoms in total. The van der Waals surface area contributed by atoms with E-state index in [0.29, 0.717) is 5.15 Å². The van der Waals surface area contributed by atoms with E-state index in [2.05, 4.69) is 36.8 Å². The lowest BCUT2D eigenvalue weighted by Crippen LogP contribution is -2.29. The number of pyridine rings is 1. The molecule has 3 aromatic rings. The van der Waals surface area contributed by atoms with E-state index in [1.807, 2.05) is 22.9 Å². The van der Waals surface area contributed by atoms with Crippen molar-refractivity contribution >= 4 is 28.2 Å². The van der Waals surface area contributed by atoms with Crippen LogP contribution in [0.5, 0.6) is 0 Å². The van der Waals surface area contributed by atoms with Crippen molar-refractivity contribution in [2.45, 2.75) is 64.8 Å². The zero-order chi connectivity index (χ0) is 22.0. The van der Waals surface area contributed by atoms with Crippen molar-refractivity contribution in [3.8, 4) is 0 Å². The molecule has 1 aliphatic heterocycles. The van der Waals surface area contributed by atoms with Crippen LogP contribution in [-0.2, 0) is 12.8 Å². The number of fused-ring (bicyclic) bond motifs is 3. The van der Waals surface area contributed by atoms with Gasteiger partial charge in [0.25, 0.3) is 5.56 Å². The van der Waals surface area contributed by atoms with E-state index in [0.717, 1.165) is 73.6 Å². The largest absolute Gasteiger partial charge is 0.373 e. The Balaban J connectivity index is 1.88. The Hall–Kier alpha value is -2.40. The van der Waals surface area contributed by atoms with Crippen LogP contribution in [0.25, 0.3) is 10.9 Å². The molecule has 4 rings (SSSR count). The summed E-state index contributed by atoms with van der Waals surface area (Å²) in [4.78, 5) is 24.9. The van der Waals surface area contributed by atoms with E-state index in [-0.39, 0.29) is 11.6 Å². The van der Waals surface area contributed by atoms with E-state index in [4.69, 9.17) is 16.6 Å². The maximum absolute atomic E-state index is 13.6. The van der Waals surface area contributed by atoms with E-state index in [1.54, 1.807) is 6.33 Å². The third-order valence-corrected chi connectivity index (χ3v) is 6.71. The topological polar surface area (TPSA) is 51.0 Å². The Labute approximate surface area is 189 Å². The van der Waals surface area contributed by atoms with Crippen LogP contribution in [-0.4, -0.2) is 28.1 Å². The van der Waals surface area contributed by atoms with Gasteiger partial charge in [0, 0.05) is 25.8 Å². The fourth-order valence-corrected chi connectivity index (χ4v) is 4.89. The highest BCUT2D eigenvalue weighted by atomic mass is 35.5. The summed E-state index contributed by atoms with van der Waals surface area (Å²) in [5.74, 6) is 0. The van der Waals surface area contributed by atoms with Crippen molar-refractivity contribution in [1.29, 1.82) is 0 Å². The van der Waals surface area contributed by atoms with Gasteiger partial charge in [0.15, 0.2) is 0 Å². The predicted molar refractivity (Wildman–Crippen MR) is 129 cm³/mol. The minimum Gasteiger partial charge on any atom is -0.373 e. The maximum atomic E-state index is 13.6. The average molecular weight is 439 g/mol. The first kappa shape index (κ1) is 21.8. The number of aromatic nitrogens is 3. The van der Waals surface area contributed by atoms with Crippen molar-refractivity contribution in [2.75, 3.05) is 18.5 Å². The van der Waals surface area contributed by atoms with E-state index in [9.17, 15) is 4.79 Å². The summed E-state index contributed by atoms with van der Waals surface area (Å²) in [6.07, 6.45) is 10.6. The van der Waals surface area contributed by atoms with Crippen LogP contribution in [0.15, 0.2) is 35.5 Å². The number of unbranched alkanes of at least 4 members (excludes halogenated alkanes) is 1. The molecule has 0 spiro atoms. The van der Waals surface area contributed by atoms with Gasteiger partial charge in [-0.2, -0.15) is 0 Å². The summed E-state index contributed by atoms with van der Waals surface area (Å²) in [6.45, 7) is 5.32. The lowest BCUT2D eigenvalue weighted by molar-refractivity contribution is 0.423. The number of halogens is 1. The van der Waals surface area contributed by atoms with Crippen LogP contribution < -0.4 is 10.5 Å². The first-order valence-corrected chi connectivity index (χ1v) is 11.8. The molecule has 0 N–H and O–H groups in total. The smallest absolute Gasteiger partial charge is 0.261 e. The van der Waals surface area contributed by atoms with Crippen LogP contribution in [0.2, 0.25) is 5.15 Å². The van der Waals surface area contributed by atoms with Gasteiger partial charge in [0.05, 0.1) is 17.4 Å². The molecule has 0 amide bonds. The molecule has 0 saturated heterocycles. The minimum absolute atomic E-state index is 0.0743. The number of nitrogens with zero attached hydrogens (tertiary/aromatic N) is 4. The van der Waals surface area contributed by atoms with Gasteiger partial charge in [0.1, 0.15) is 10.7 Å². The van der Waals surface area contributed by atoms with Crippen molar-refractivity contribution in [2.24, 2.45) is 0 Å². The molecule has 0 aliphatic carbocycles. The first-order valence-electron chi connectivity index (χ1n) is 11.4.